The van der Waals surface area contributed by atoms with Crippen molar-refractivity contribution in [2.75, 3.05) is 6.61 Å². The van der Waals surface area contributed by atoms with Crippen molar-refractivity contribution in [2.24, 2.45) is 0 Å². The molecule has 2 aromatic rings. The lowest BCUT2D eigenvalue weighted by Gasteiger charge is -2.18. The number of hydrogen-bond acceptors (Lipinski definition) is 3. The van der Waals surface area contributed by atoms with Crippen LogP contribution in [-0.2, 0) is 6.54 Å². The van der Waals surface area contributed by atoms with Crippen LogP contribution in [0.4, 0.5) is 0 Å². The molecule has 1 aromatic heterocycles. The molecule has 19 heavy (non-hydrogen) atoms. The number of aliphatic hydroxyl groups excluding tert-OH is 1. The molecule has 0 saturated carbocycles. The van der Waals surface area contributed by atoms with Crippen LogP contribution >= 0.6 is 0 Å². The Morgan fingerprint density at radius 2 is 1.84 bits per heavy atom. The normalized spacial score (nSPS) is 12.3. The number of hydrogen-bond donors (Lipinski definition) is 2. The Labute approximate surface area is 114 Å². The maximum absolute atomic E-state index is 9.01. The van der Waals surface area contributed by atoms with Crippen LogP contribution < -0.4 is 5.32 Å². The Morgan fingerprint density at radius 1 is 1.05 bits per heavy atom. The molecule has 0 saturated heterocycles. The third-order valence-electron chi connectivity index (χ3n) is 3.11. The van der Waals surface area contributed by atoms with Crippen molar-refractivity contribution >= 4 is 0 Å². The van der Waals surface area contributed by atoms with Crippen molar-refractivity contribution in [2.45, 2.75) is 25.4 Å². The maximum Gasteiger partial charge on any atom is 0.0541 e. The van der Waals surface area contributed by atoms with Gasteiger partial charge in [-0.1, -0.05) is 36.4 Å². The van der Waals surface area contributed by atoms with Gasteiger partial charge >= 0.3 is 0 Å². The fraction of sp³-hybridized carbons (Fsp3) is 0.312. The summed E-state index contributed by atoms with van der Waals surface area (Å²) in [5, 5.41) is 12.5. The van der Waals surface area contributed by atoms with Crippen LogP contribution in [0.5, 0.6) is 0 Å². The molecule has 1 heterocycles. The second-order valence-electron chi connectivity index (χ2n) is 4.53. The number of rotatable bonds is 7. The summed E-state index contributed by atoms with van der Waals surface area (Å²) in [4.78, 5) is 4.31. The van der Waals surface area contributed by atoms with Crippen LogP contribution in [0.25, 0.3) is 0 Å². The van der Waals surface area contributed by atoms with Crippen LogP contribution in [0.2, 0.25) is 0 Å². The van der Waals surface area contributed by atoms with E-state index < -0.39 is 0 Å². The monoisotopic (exact) mass is 256 g/mol. The van der Waals surface area contributed by atoms with Gasteiger partial charge in [-0.05, 0) is 30.5 Å². The van der Waals surface area contributed by atoms with E-state index in [9.17, 15) is 0 Å². The van der Waals surface area contributed by atoms with Crippen molar-refractivity contribution in [3.63, 3.8) is 0 Å². The van der Waals surface area contributed by atoms with E-state index in [0.717, 1.165) is 25.1 Å². The lowest BCUT2D eigenvalue weighted by molar-refractivity contribution is 0.274. The van der Waals surface area contributed by atoms with Gasteiger partial charge in [0.05, 0.1) is 5.69 Å². The molecule has 0 aliphatic rings. The van der Waals surface area contributed by atoms with E-state index in [1.54, 1.807) is 0 Å². The van der Waals surface area contributed by atoms with Gasteiger partial charge in [-0.2, -0.15) is 0 Å². The number of benzene rings is 1. The van der Waals surface area contributed by atoms with Crippen molar-refractivity contribution in [3.05, 3.63) is 66.0 Å². The molecule has 100 valence electrons. The SMILES string of the molecule is OCCCC(NCc1ccccn1)c1ccccc1. The van der Waals surface area contributed by atoms with Gasteiger partial charge in [0.15, 0.2) is 0 Å². The van der Waals surface area contributed by atoms with E-state index in [1.165, 1.54) is 5.56 Å². The van der Waals surface area contributed by atoms with E-state index in [0.29, 0.717) is 0 Å². The van der Waals surface area contributed by atoms with Gasteiger partial charge in [0.25, 0.3) is 0 Å². The molecule has 0 amide bonds. The second kappa shape index (κ2) is 7.67. The average Bonchev–Trinajstić information content (AvgIpc) is 2.49. The molecular formula is C16H20N2O. The van der Waals surface area contributed by atoms with E-state index in [1.807, 2.05) is 42.6 Å². The first kappa shape index (κ1) is 13.7. The number of nitrogens with zero attached hydrogens (tertiary/aromatic N) is 1. The molecule has 1 atom stereocenters. The number of nitrogens with one attached hydrogen (secondary N) is 1. The molecule has 0 aliphatic heterocycles. The first-order valence-corrected chi connectivity index (χ1v) is 6.69. The highest BCUT2D eigenvalue weighted by atomic mass is 16.2. The summed E-state index contributed by atoms with van der Waals surface area (Å²) in [6.07, 6.45) is 3.53. The van der Waals surface area contributed by atoms with Gasteiger partial charge in [-0.15, -0.1) is 0 Å². The molecule has 0 fully saturated rings. The molecule has 1 unspecified atom stereocenters. The van der Waals surface area contributed by atoms with Crippen LogP contribution in [0, 0.1) is 0 Å². The predicted octanol–water partition coefficient (Wildman–Crippen LogP) is 2.69. The highest BCUT2D eigenvalue weighted by Crippen LogP contribution is 2.18. The summed E-state index contributed by atoms with van der Waals surface area (Å²) in [6.45, 7) is 0.973. The molecule has 0 aliphatic carbocycles. The number of pyridine rings is 1. The highest BCUT2D eigenvalue weighted by Gasteiger charge is 2.10. The van der Waals surface area contributed by atoms with E-state index >= 15 is 0 Å². The third kappa shape index (κ3) is 4.47. The summed E-state index contributed by atoms with van der Waals surface area (Å²) >= 11 is 0. The fourth-order valence-electron chi connectivity index (χ4n) is 2.10. The molecular weight excluding hydrogens is 236 g/mol. The van der Waals surface area contributed by atoms with Gasteiger partial charge in [0.2, 0.25) is 0 Å². The van der Waals surface area contributed by atoms with Crippen LogP contribution in [0.1, 0.15) is 30.1 Å². The summed E-state index contributed by atoms with van der Waals surface area (Å²) in [5.74, 6) is 0. The fourth-order valence-corrected chi connectivity index (χ4v) is 2.10. The first-order chi connectivity index (χ1) is 9.40. The maximum atomic E-state index is 9.01. The molecule has 0 spiro atoms. The van der Waals surface area contributed by atoms with Gasteiger partial charge in [-0.25, -0.2) is 0 Å². The smallest absolute Gasteiger partial charge is 0.0541 e. The zero-order valence-corrected chi connectivity index (χ0v) is 11.0. The third-order valence-corrected chi connectivity index (χ3v) is 3.11. The average molecular weight is 256 g/mol. The molecule has 3 nitrogen and oxygen atoms in total. The Kier molecular flexibility index (Phi) is 5.53. The molecule has 1 aromatic carbocycles. The largest absolute Gasteiger partial charge is 0.396 e. The van der Waals surface area contributed by atoms with Crippen LogP contribution in [-0.4, -0.2) is 16.7 Å². The summed E-state index contributed by atoms with van der Waals surface area (Å²) < 4.78 is 0. The quantitative estimate of drug-likeness (QED) is 0.800. The van der Waals surface area contributed by atoms with E-state index in [-0.39, 0.29) is 12.6 Å². The van der Waals surface area contributed by atoms with Crippen molar-refractivity contribution in [3.8, 4) is 0 Å². The second-order valence-corrected chi connectivity index (χ2v) is 4.53. The van der Waals surface area contributed by atoms with Crippen LogP contribution in [0.15, 0.2) is 54.7 Å². The minimum absolute atomic E-state index is 0.231. The predicted molar refractivity (Wildman–Crippen MR) is 76.6 cm³/mol. The summed E-state index contributed by atoms with van der Waals surface area (Å²) in [6, 6.07) is 16.5. The zero-order chi connectivity index (χ0) is 13.3. The van der Waals surface area contributed by atoms with Crippen molar-refractivity contribution in [1.29, 1.82) is 0 Å². The Balaban J connectivity index is 1.98. The zero-order valence-electron chi connectivity index (χ0n) is 11.0. The van der Waals surface area contributed by atoms with Gasteiger partial charge in [0, 0.05) is 25.4 Å². The van der Waals surface area contributed by atoms with Gasteiger partial charge in [-0.3, -0.25) is 4.98 Å². The molecule has 0 bridgehead atoms. The van der Waals surface area contributed by atoms with Crippen LogP contribution in [0.3, 0.4) is 0 Å². The number of aliphatic hydroxyl groups is 1. The lowest BCUT2D eigenvalue weighted by Crippen LogP contribution is -2.21. The minimum Gasteiger partial charge on any atom is -0.396 e. The summed E-state index contributed by atoms with van der Waals surface area (Å²) in [5.41, 5.74) is 2.29. The molecule has 2 N–H and O–H groups in total. The Hall–Kier alpha value is -1.71. The Bertz CT molecular complexity index is 459. The van der Waals surface area contributed by atoms with E-state index in [2.05, 4.69) is 22.4 Å². The Morgan fingerprint density at radius 3 is 2.53 bits per heavy atom. The van der Waals surface area contributed by atoms with Gasteiger partial charge in [0.1, 0.15) is 0 Å². The van der Waals surface area contributed by atoms with E-state index in [4.69, 9.17) is 5.11 Å². The lowest BCUT2D eigenvalue weighted by atomic mass is 10.0. The van der Waals surface area contributed by atoms with Gasteiger partial charge < -0.3 is 10.4 Å². The molecule has 3 heteroatoms. The number of aromatic nitrogens is 1. The van der Waals surface area contributed by atoms with Crippen molar-refractivity contribution < 1.29 is 5.11 Å². The standard InChI is InChI=1S/C16H20N2O/c19-12-6-10-16(14-7-2-1-3-8-14)18-13-15-9-4-5-11-17-15/h1-5,7-9,11,16,18-19H,6,10,12-13H2. The molecule has 2 rings (SSSR count). The highest BCUT2D eigenvalue weighted by molar-refractivity contribution is 5.19. The summed E-state index contributed by atoms with van der Waals surface area (Å²) in [7, 11) is 0. The van der Waals surface area contributed by atoms with Crippen molar-refractivity contribution in [1.82, 2.24) is 10.3 Å². The minimum atomic E-state index is 0.231. The topological polar surface area (TPSA) is 45.1 Å². The first-order valence-electron chi connectivity index (χ1n) is 6.69. The molecule has 0 radical (unpaired) electrons.